The number of nitrogens with zero attached hydrogens (tertiary/aromatic N) is 2. The van der Waals surface area contributed by atoms with Crippen LogP contribution in [0.25, 0.3) is 0 Å². The third kappa shape index (κ3) is 3.11. The van der Waals surface area contributed by atoms with Crippen LogP contribution in [0.1, 0.15) is 17.0 Å². The van der Waals surface area contributed by atoms with E-state index in [1.165, 1.54) is 0 Å². The molecular weight excluding hydrogens is 292 g/mol. The van der Waals surface area contributed by atoms with Crippen molar-refractivity contribution in [2.24, 2.45) is 0 Å². The topological polar surface area (TPSA) is 41.9 Å². The van der Waals surface area contributed by atoms with Gasteiger partial charge in [0.05, 0.1) is 23.6 Å². The number of rotatable bonds is 3. The molecule has 0 fully saturated rings. The van der Waals surface area contributed by atoms with Crippen LogP contribution in [-0.2, 0) is 6.54 Å². The first kappa shape index (κ1) is 14.8. The van der Waals surface area contributed by atoms with Crippen LogP contribution in [0.4, 0.5) is 5.69 Å². The minimum atomic E-state index is 0.577. The van der Waals surface area contributed by atoms with Gasteiger partial charge in [0.25, 0.3) is 0 Å². The normalized spacial score (nSPS) is 10.4. The molecule has 0 atom stereocenters. The van der Waals surface area contributed by atoms with Gasteiger partial charge in [0.1, 0.15) is 0 Å². The molecule has 2 aromatic rings. The molecule has 1 aromatic heterocycles. The quantitative estimate of drug-likeness (QED) is 0.855. The van der Waals surface area contributed by atoms with E-state index in [-0.39, 0.29) is 0 Å². The summed E-state index contributed by atoms with van der Waals surface area (Å²) in [6, 6.07) is 7.79. The zero-order chi connectivity index (χ0) is 14.7. The smallest absolute Gasteiger partial charge is 0.170 e. The van der Waals surface area contributed by atoms with Gasteiger partial charge in [-0.3, -0.25) is 4.68 Å². The molecule has 0 aliphatic rings. The number of aromatic nitrogens is 2. The Kier molecular flexibility index (Phi) is 4.62. The molecule has 0 spiro atoms. The van der Waals surface area contributed by atoms with Crippen molar-refractivity contribution in [1.82, 2.24) is 15.1 Å². The molecule has 0 unspecified atom stereocenters. The summed E-state index contributed by atoms with van der Waals surface area (Å²) in [6.45, 7) is 4.61. The first-order chi connectivity index (χ1) is 9.52. The fourth-order valence-corrected chi connectivity index (χ4v) is 2.29. The molecule has 0 aliphatic carbocycles. The van der Waals surface area contributed by atoms with Gasteiger partial charge in [-0.2, -0.15) is 5.10 Å². The van der Waals surface area contributed by atoms with Crippen LogP contribution >= 0.6 is 23.8 Å². The maximum atomic E-state index is 6.19. The third-order valence-electron chi connectivity index (χ3n) is 3.13. The molecule has 0 radical (unpaired) electrons. The largest absolute Gasteiger partial charge is 0.366 e. The van der Waals surface area contributed by atoms with E-state index in [9.17, 15) is 0 Å². The number of hydrogen-bond acceptors (Lipinski definition) is 2. The fourth-order valence-electron chi connectivity index (χ4n) is 2.00. The summed E-state index contributed by atoms with van der Waals surface area (Å²) >= 11 is 11.3. The molecule has 0 bridgehead atoms. The van der Waals surface area contributed by atoms with Crippen LogP contribution in [0.15, 0.2) is 24.3 Å². The number of benzene rings is 1. The van der Waals surface area contributed by atoms with E-state index in [0.717, 1.165) is 27.7 Å². The van der Waals surface area contributed by atoms with Gasteiger partial charge in [0.15, 0.2) is 5.11 Å². The van der Waals surface area contributed by atoms with Crippen LogP contribution < -0.4 is 10.6 Å². The second-order valence-corrected chi connectivity index (χ2v) is 5.31. The van der Waals surface area contributed by atoms with Gasteiger partial charge in [0, 0.05) is 12.1 Å². The molecule has 20 heavy (non-hydrogen) atoms. The predicted octanol–water partition coefficient (Wildman–Crippen LogP) is 3.12. The number of halogens is 1. The zero-order valence-electron chi connectivity index (χ0n) is 11.7. The Bertz CT molecular complexity index is 636. The fraction of sp³-hybridized carbons (Fsp3) is 0.286. The molecule has 6 heteroatoms. The van der Waals surface area contributed by atoms with Gasteiger partial charge < -0.3 is 10.6 Å². The average molecular weight is 309 g/mol. The number of nitrogens with one attached hydrogen (secondary N) is 2. The molecule has 106 valence electrons. The van der Waals surface area contributed by atoms with Gasteiger partial charge in [-0.15, -0.1) is 0 Å². The SMILES string of the molecule is CNC(=S)Nc1c(C)nn(Cc2ccccc2Cl)c1C. The molecule has 0 saturated heterocycles. The minimum absolute atomic E-state index is 0.577. The van der Waals surface area contributed by atoms with E-state index >= 15 is 0 Å². The lowest BCUT2D eigenvalue weighted by molar-refractivity contribution is 0.659. The Hall–Kier alpha value is -1.59. The van der Waals surface area contributed by atoms with Crippen molar-refractivity contribution < 1.29 is 0 Å². The maximum Gasteiger partial charge on any atom is 0.170 e. The van der Waals surface area contributed by atoms with Gasteiger partial charge in [-0.25, -0.2) is 0 Å². The molecular formula is C14H17ClN4S. The van der Waals surface area contributed by atoms with Crippen LogP contribution in [0.3, 0.4) is 0 Å². The van der Waals surface area contributed by atoms with Gasteiger partial charge in [-0.1, -0.05) is 29.8 Å². The zero-order valence-corrected chi connectivity index (χ0v) is 13.3. The Morgan fingerprint density at radius 2 is 2.05 bits per heavy atom. The van der Waals surface area contributed by atoms with Crippen molar-refractivity contribution in [3.8, 4) is 0 Å². The lowest BCUT2D eigenvalue weighted by Crippen LogP contribution is -2.24. The number of anilines is 1. The Morgan fingerprint density at radius 1 is 1.35 bits per heavy atom. The van der Waals surface area contributed by atoms with Crippen LogP contribution in [0.5, 0.6) is 0 Å². The van der Waals surface area contributed by atoms with E-state index in [1.54, 1.807) is 7.05 Å². The van der Waals surface area contributed by atoms with Crippen molar-refractivity contribution in [2.75, 3.05) is 12.4 Å². The van der Waals surface area contributed by atoms with Crippen molar-refractivity contribution in [3.05, 3.63) is 46.2 Å². The Labute approximate surface area is 129 Å². The Balaban J connectivity index is 2.28. The summed E-state index contributed by atoms with van der Waals surface area (Å²) in [7, 11) is 1.79. The highest BCUT2D eigenvalue weighted by Crippen LogP contribution is 2.22. The summed E-state index contributed by atoms with van der Waals surface area (Å²) < 4.78 is 1.93. The van der Waals surface area contributed by atoms with Crippen molar-refractivity contribution in [1.29, 1.82) is 0 Å². The lowest BCUT2D eigenvalue weighted by Gasteiger charge is -2.09. The third-order valence-corrected chi connectivity index (χ3v) is 3.80. The predicted molar refractivity (Wildman–Crippen MR) is 87.5 cm³/mol. The van der Waals surface area contributed by atoms with Gasteiger partial charge in [-0.05, 0) is 37.7 Å². The van der Waals surface area contributed by atoms with Crippen LogP contribution in [0, 0.1) is 13.8 Å². The summed E-state index contributed by atoms with van der Waals surface area (Å²) in [4.78, 5) is 0. The first-order valence-corrected chi connectivity index (χ1v) is 7.07. The standard InChI is InChI=1S/C14H17ClN4S/c1-9-13(17-14(20)16-3)10(2)19(18-9)8-11-6-4-5-7-12(11)15/h4-7H,8H2,1-3H3,(H2,16,17,20). The molecule has 1 heterocycles. The second kappa shape index (κ2) is 6.24. The second-order valence-electron chi connectivity index (χ2n) is 4.50. The summed E-state index contributed by atoms with van der Waals surface area (Å²) in [5, 5.41) is 11.9. The molecule has 1 aromatic carbocycles. The highest BCUT2D eigenvalue weighted by molar-refractivity contribution is 7.80. The van der Waals surface area contributed by atoms with Crippen molar-refractivity contribution in [3.63, 3.8) is 0 Å². The molecule has 4 nitrogen and oxygen atoms in total. The monoisotopic (exact) mass is 308 g/mol. The van der Waals surface area contributed by atoms with Crippen LogP contribution in [0.2, 0.25) is 5.02 Å². The number of hydrogen-bond donors (Lipinski definition) is 2. The van der Waals surface area contributed by atoms with Gasteiger partial charge >= 0.3 is 0 Å². The summed E-state index contributed by atoms with van der Waals surface area (Å²) in [5.41, 5.74) is 3.92. The Morgan fingerprint density at radius 3 is 2.70 bits per heavy atom. The van der Waals surface area contributed by atoms with Crippen molar-refractivity contribution in [2.45, 2.75) is 20.4 Å². The molecule has 0 saturated carbocycles. The number of aryl methyl sites for hydroxylation is 1. The van der Waals surface area contributed by atoms with Crippen LogP contribution in [-0.4, -0.2) is 21.9 Å². The number of thiocarbonyl (C=S) groups is 1. The highest BCUT2D eigenvalue weighted by Gasteiger charge is 2.13. The minimum Gasteiger partial charge on any atom is -0.366 e. The maximum absolute atomic E-state index is 6.19. The molecule has 0 aliphatic heterocycles. The molecule has 0 amide bonds. The lowest BCUT2D eigenvalue weighted by atomic mass is 10.2. The van der Waals surface area contributed by atoms with E-state index in [4.69, 9.17) is 23.8 Å². The van der Waals surface area contributed by atoms with E-state index in [2.05, 4.69) is 15.7 Å². The molecule has 2 rings (SSSR count). The average Bonchev–Trinajstić information content (AvgIpc) is 2.69. The summed E-state index contributed by atoms with van der Waals surface area (Å²) in [6.07, 6.45) is 0. The van der Waals surface area contributed by atoms with Crippen molar-refractivity contribution >= 4 is 34.6 Å². The summed E-state index contributed by atoms with van der Waals surface area (Å²) in [5.74, 6) is 0. The van der Waals surface area contributed by atoms with Gasteiger partial charge in [0.2, 0.25) is 0 Å². The molecule has 2 N–H and O–H groups in total. The van der Waals surface area contributed by atoms with E-state index in [0.29, 0.717) is 11.7 Å². The highest BCUT2D eigenvalue weighted by atomic mass is 35.5. The first-order valence-electron chi connectivity index (χ1n) is 6.29. The van der Waals surface area contributed by atoms with E-state index < -0.39 is 0 Å². The van der Waals surface area contributed by atoms with E-state index in [1.807, 2.05) is 42.8 Å².